The third kappa shape index (κ3) is 3.88. The van der Waals surface area contributed by atoms with E-state index in [0.717, 1.165) is 12.8 Å². The molecule has 8 heavy (non-hydrogen) atoms. The van der Waals surface area contributed by atoms with Crippen molar-refractivity contribution in [3.63, 3.8) is 0 Å². The molecule has 0 aromatic carbocycles. The van der Waals surface area contributed by atoms with Gasteiger partial charge in [0.1, 0.15) is 0 Å². The predicted molar refractivity (Wildman–Crippen MR) is 35.8 cm³/mol. The molecule has 0 rings (SSSR count). The monoisotopic (exact) mass is 114 g/mol. The average molecular weight is 114 g/mol. The van der Waals surface area contributed by atoms with Crippen LogP contribution in [0, 0.1) is 0 Å². The van der Waals surface area contributed by atoms with Crippen molar-refractivity contribution in [2.75, 3.05) is 6.61 Å². The highest BCUT2D eigenvalue weighted by atomic mass is 16.2. The summed E-state index contributed by atoms with van der Waals surface area (Å²) in [5.41, 5.74) is 1.36. The van der Waals surface area contributed by atoms with Crippen LogP contribution in [-0.2, 0) is 0 Å². The van der Waals surface area contributed by atoms with Crippen molar-refractivity contribution < 1.29 is 5.11 Å². The van der Waals surface area contributed by atoms with Gasteiger partial charge in [0.2, 0.25) is 0 Å². The summed E-state index contributed by atoms with van der Waals surface area (Å²) in [5.74, 6) is 0. The number of allylic oxidation sites excluding steroid dienone is 1. The Bertz CT molecular complexity index is 74.5. The second-order valence-electron chi connectivity index (χ2n) is 1.92. The number of hydrogen-bond acceptors (Lipinski definition) is 1. The van der Waals surface area contributed by atoms with Crippen LogP contribution in [0.5, 0.6) is 0 Å². The van der Waals surface area contributed by atoms with Crippen molar-refractivity contribution in [1.82, 2.24) is 0 Å². The van der Waals surface area contributed by atoms with Crippen LogP contribution in [0.1, 0.15) is 26.7 Å². The second kappa shape index (κ2) is 4.85. The summed E-state index contributed by atoms with van der Waals surface area (Å²) >= 11 is 0. The van der Waals surface area contributed by atoms with Crippen LogP contribution in [-0.4, -0.2) is 11.7 Å². The molecule has 0 spiro atoms. The summed E-state index contributed by atoms with van der Waals surface area (Å²) in [6.07, 6.45) is 3.97. The predicted octanol–water partition coefficient (Wildman–Crippen LogP) is 1.73. The fourth-order valence-corrected chi connectivity index (χ4v) is 0.455. The van der Waals surface area contributed by atoms with Crippen molar-refractivity contribution in [3.8, 4) is 0 Å². The molecule has 48 valence electrons. The van der Waals surface area contributed by atoms with Gasteiger partial charge in [0.25, 0.3) is 0 Å². The van der Waals surface area contributed by atoms with Gasteiger partial charge < -0.3 is 5.11 Å². The van der Waals surface area contributed by atoms with E-state index in [1.165, 1.54) is 5.57 Å². The SMILES string of the molecule is CC/C(C)=C/CCO. The van der Waals surface area contributed by atoms with Gasteiger partial charge in [-0.15, -0.1) is 0 Å². The lowest BCUT2D eigenvalue weighted by Gasteiger charge is -1.90. The minimum Gasteiger partial charge on any atom is -0.396 e. The Morgan fingerprint density at radius 2 is 2.25 bits per heavy atom. The van der Waals surface area contributed by atoms with E-state index in [0.29, 0.717) is 0 Å². The minimum atomic E-state index is 0.275. The Kier molecular flexibility index (Phi) is 4.67. The zero-order valence-corrected chi connectivity index (χ0v) is 5.65. The van der Waals surface area contributed by atoms with E-state index in [2.05, 4.69) is 19.9 Å². The standard InChI is InChI=1S/C7H14O/c1-3-7(2)5-4-6-8/h5,8H,3-4,6H2,1-2H3/b7-5+. The first-order valence-electron chi connectivity index (χ1n) is 3.07. The molecule has 0 fully saturated rings. The molecule has 0 aromatic rings. The third-order valence-electron chi connectivity index (χ3n) is 1.18. The Morgan fingerprint density at radius 3 is 2.62 bits per heavy atom. The normalized spacial score (nSPS) is 12.1. The molecule has 0 aliphatic carbocycles. The fraction of sp³-hybridized carbons (Fsp3) is 0.714. The van der Waals surface area contributed by atoms with Crippen molar-refractivity contribution in [1.29, 1.82) is 0 Å². The first kappa shape index (κ1) is 7.70. The van der Waals surface area contributed by atoms with Crippen LogP contribution in [0.2, 0.25) is 0 Å². The molecule has 0 aliphatic rings. The molecule has 0 aromatic heterocycles. The van der Waals surface area contributed by atoms with Crippen LogP contribution >= 0.6 is 0 Å². The minimum absolute atomic E-state index is 0.275. The summed E-state index contributed by atoms with van der Waals surface area (Å²) in [6.45, 7) is 4.47. The molecule has 0 saturated heterocycles. The highest BCUT2D eigenvalue weighted by Gasteiger charge is 1.80. The van der Waals surface area contributed by atoms with E-state index >= 15 is 0 Å². The van der Waals surface area contributed by atoms with Gasteiger partial charge in [-0.3, -0.25) is 0 Å². The Balaban J connectivity index is 3.26. The molecule has 0 unspecified atom stereocenters. The average Bonchev–Trinajstić information content (AvgIpc) is 1.83. The molecule has 1 N–H and O–H groups in total. The quantitative estimate of drug-likeness (QED) is 0.554. The van der Waals surface area contributed by atoms with Crippen molar-refractivity contribution in [2.24, 2.45) is 0 Å². The Hall–Kier alpha value is -0.300. The number of aliphatic hydroxyl groups excluding tert-OH is 1. The first-order valence-corrected chi connectivity index (χ1v) is 3.07. The first-order chi connectivity index (χ1) is 3.81. The molecular weight excluding hydrogens is 100 g/mol. The van der Waals surface area contributed by atoms with Crippen LogP contribution < -0.4 is 0 Å². The zero-order valence-electron chi connectivity index (χ0n) is 5.65. The largest absolute Gasteiger partial charge is 0.396 e. The van der Waals surface area contributed by atoms with Crippen LogP contribution in [0.3, 0.4) is 0 Å². The summed E-state index contributed by atoms with van der Waals surface area (Å²) in [6, 6.07) is 0. The maximum atomic E-state index is 8.37. The number of hydrogen-bond donors (Lipinski definition) is 1. The number of aliphatic hydroxyl groups is 1. The van der Waals surface area contributed by atoms with Crippen molar-refractivity contribution >= 4 is 0 Å². The maximum Gasteiger partial charge on any atom is 0.0465 e. The molecule has 0 amide bonds. The van der Waals surface area contributed by atoms with Crippen LogP contribution in [0.25, 0.3) is 0 Å². The Labute approximate surface area is 51.0 Å². The molecule has 1 nitrogen and oxygen atoms in total. The van der Waals surface area contributed by atoms with Gasteiger partial charge in [-0.25, -0.2) is 0 Å². The summed E-state index contributed by atoms with van der Waals surface area (Å²) in [7, 11) is 0. The lowest BCUT2D eigenvalue weighted by molar-refractivity contribution is 0.302. The number of rotatable bonds is 3. The van der Waals surface area contributed by atoms with Gasteiger partial charge in [0.05, 0.1) is 0 Å². The van der Waals surface area contributed by atoms with Gasteiger partial charge in [0.15, 0.2) is 0 Å². The highest BCUT2D eigenvalue weighted by molar-refractivity contribution is 4.96. The summed E-state index contributed by atoms with van der Waals surface area (Å²) < 4.78 is 0. The van der Waals surface area contributed by atoms with Gasteiger partial charge >= 0.3 is 0 Å². The van der Waals surface area contributed by atoms with Gasteiger partial charge in [0, 0.05) is 6.61 Å². The smallest absolute Gasteiger partial charge is 0.0465 e. The molecule has 0 heterocycles. The molecule has 0 atom stereocenters. The van der Waals surface area contributed by atoms with E-state index in [1.54, 1.807) is 0 Å². The van der Waals surface area contributed by atoms with Crippen LogP contribution in [0.4, 0.5) is 0 Å². The highest BCUT2D eigenvalue weighted by Crippen LogP contribution is 1.98. The fourth-order valence-electron chi connectivity index (χ4n) is 0.455. The molecule has 0 radical (unpaired) electrons. The maximum absolute atomic E-state index is 8.37. The summed E-state index contributed by atoms with van der Waals surface area (Å²) in [5, 5.41) is 8.37. The van der Waals surface area contributed by atoms with Gasteiger partial charge in [-0.05, 0) is 19.8 Å². The molecule has 0 saturated carbocycles. The summed E-state index contributed by atoms with van der Waals surface area (Å²) in [4.78, 5) is 0. The van der Waals surface area contributed by atoms with E-state index in [-0.39, 0.29) is 6.61 Å². The lowest BCUT2D eigenvalue weighted by Crippen LogP contribution is -1.78. The third-order valence-corrected chi connectivity index (χ3v) is 1.18. The molecule has 0 aliphatic heterocycles. The van der Waals surface area contributed by atoms with Gasteiger partial charge in [-0.2, -0.15) is 0 Å². The molecule has 0 bridgehead atoms. The van der Waals surface area contributed by atoms with Gasteiger partial charge in [-0.1, -0.05) is 18.6 Å². The van der Waals surface area contributed by atoms with E-state index in [1.807, 2.05) is 0 Å². The van der Waals surface area contributed by atoms with E-state index < -0.39 is 0 Å². The van der Waals surface area contributed by atoms with Crippen molar-refractivity contribution in [3.05, 3.63) is 11.6 Å². The van der Waals surface area contributed by atoms with E-state index in [9.17, 15) is 0 Å². The Morgan fingerprint density at radius 1 is 1.62 bits per heavy atom. The van der Waals surface area contributed by atoms with Crippen LogP contribution in [0.15, 0.2) is 11.6 Å². The topological polar surface area (TPSA) is 20.2 Å². The van der Waals surface area contributed by atoms with Crippen molar-refractivity contribution in [2.45, 2.75) is 26.7 Å². The molecular formula is C7H14O. The second-order valence-corrected chi connectivity index (χ2v) is 1.92. The zero-order chi connectivity index (χ0) is 6.41. The lowest BCUT2D eigenvalue weighted by atomic mass is 10.2. The van der Waals surface area contributed by atoms with E-state index in [4.69, 9.17) is 5.11 Å². The molecule has 1 heteroatoms.